The summed E-state index contributed by atoms with van der Waals surface area (Å²) >= 11 is 11.3. The molecule has 6 nitrogen and oxygen atoms in total. The van der Waals surface area contributed by atoms with E-state index in [-0.39, 0.29) is 0 Å². The lowest BCUT2D eigenvalue weighted by atomic mass is 10.2. The highest BCUT2D eigenvalue weighted by Crippen LogP contribution is 2.21. The minimum atomic E-state index is 0.395. The van der Waals surface area contributed by atoms with E-state index in [0.717, 1.165) is 16.8 Å². The lowest BCUT2D eigenvalue weighted by molar-refractivity contribution is 0.871. The van der Waals surface area contributed by atoms with Crippen LogP contribution in [0.3, 0.4) is 0 Å². The Morgan fingerprint density at radius 2 is 1.96 bits per heavy atom. The van der Waals surface area contributed by atoms with Gasteiger partial charge in [-0.3, -0.25) is 0 Å². The summed E-state index contributed by atoms with van der Waals surface area (Å²) in [6, 6.07) is 17.2. The van der Waals surface area contributed by atoms with Gasteiger partial charge in [-0.25, -0.2) is 9.78 Å². The molecule has 0 spiro atoms. The number of nitrogens with zero attached hydrogens (tertiary/aromatic N) is 5. The van der Waals surface area contributed by atoms with Crippen LogP contribution in [0.4, 0.5) is 0 Å². The summed E-state index contributed by atoms with van der Waals surface area (Å²) in [5.74, 6) is 0.587. The first-order valence-electron chi connectivity index (χ1n) is 7.78. The molecule has 0 saturated heterocycles. The number of rotatable bonds is 4. The van der Waals surface area contributed by atoms with Gasteiger partial charge in [0.25, 0.3) is 0 Å². The minimum Gasteiger partial charge on any atom is -0.250 e. The van der Waals surface area contributed by atoms with E-state index in [1.807, 2.05) is 54.7 Å². The number of benzene rings is 2. The molecular formula is C18H13ClN6S. The Labute approximate surface area is 159 Å². The zero-order valence-corrected chi connectivity index (χ0v) is 15.0. The van der Waals surface area contributed by atoms with Crippen molar-refractivity contribution in [1.82, 2.24) is 24.7 Å². The molecule has 2 aromatic carbocycles. The Bertz CT molecular complexity index is 1130. The summed E-state index contributed by atoms with van der Waals surface area (Å²) in [5.41, 5.74) is 2.64. The van der Waals surface area contributed by atoms with Crippen LogP contribution in [0.2, 0.25) is 5.02 Å². The number of halogens is 1. The molecule has 0 amide bonds. The molecule has 0 fully saturated rings. The first-order chi connectivity index (χ1) is 12.7. The van der Waals surface area contributed by atoms with Crippen molar-refractivity contribution < 1.29 is 0 Å². The van der Waals surface area contributed by atoms with Crippen LogP contribution in [0.1, 0.15) is 5.56 Å². The van der Waals surface area contributed by atoms with E-state index in [1.54, 1.807) is 27.8 Å². The van der Waals surface area contributed by atoms with E-state index in [4.69, 9.17) is 23.8 Å². The summed E-state index contributed by atoms with van der Waals surface area (Å²) in [7, 11) is 0. The Hall–Kier alpha value is -3.03. The summed E-state index contributed by atoms with van der Waals surface area (Å²) in [5, 5.41) is 16.4. The number of aromatic amines is 1. The molecule has 2 aromatic heterocycles. The highest BCUT2D eigenvalue weighted by atomic mass is 35.5. The first kappa shape index (κ1) is 16.4. The maximum absolute atomic E-state index is 6.07. The Morgan fingerprint density at radius 3 is 2.77 bits per heavy atom. The van der Waals surface area contributed by atoms with Gasteiger partial charge in [0.05, 0.1) is 18.1 Å². The number of para-hydroxylation sites is 1. The van der Waals surface area contributed by atoms with Crippen LogP contribution in [-0.4, -0.2) is 30.9 Å². The van der Waals surface area contributed by atoms with Crippen LogP contribution in [0.15, 0.2) is 72.1 Å². The normalized spacial score (nSPS) is 11.3. The Kier molecular flexibility index (Phi) is 4.47. The largest absolute Gasteiger partial charge is 0.250 e. The van der Waals surface area contributed by atoms with Crippen molar-refractivity contribution in [3.63, 3.8) is 0 Å². The molecule has 0 bridgehead atoms. The third kappa shape index (κ3) is 3.35. The van der Waals surface area contributed by atoms with Crippen LogP contribution < -0.4 is 0 Å². The highest BCUT2D eigenvalue weighted by molar-refractivity contribution is 7.71. The number of hydrogen-bond donors (Lipinski definition) is 1. The molecule has 0 unspecified atom stereocenters. The number of hydrogen-bond acceptors (Lipinski definition) is 4. The third-order valence-corrected chi connectivity index (χ3v) is 4.18. The number of H-pyrrole nitrogens is 1. The van der Waals surface area contributed by atoms with Crippen molar-refractivity contribution in [2.45, 2.75) is 0 Å². The van der Waals surface area contributed by atoms with Crippen molar-refractivity contribution >= 4 is 30.0 Å². The molecule has 0 atom stereocenters. The predicted molar refractivity (Wildman–Crippen MR) is 104 cm³/mol. The van der Waals surface area contributed by atoms with Crippen molar-refractivity contribution in [2.75, 3.05) is 0 Å². The SMILES string of the molecule is S=c1[nH]nc(-c2cccc(Cl)c2)n1/N=C\c1cnn(-c2ccccc2)c1. The van der Waals surface area contributed by atoms with Gasteiger partial charge >= 0.3 is 0 Å². The van der Waals surface area contributed by atoms with Gasteiger partial charge in [-0.2, -0.15) is 20.0 Å². The second-order valence-corrected chi connectivity index (χ2v) is 6.30. The molecule has 0 radical (unpaired) electrons. The lowest BCUT2D eigenvalue weighted by Crippen LogP contribution is -1.95. The summed E-state index contributed by atoms with van der Waals surface area (Å²) < 4.78 is 3.74. The van der Waals surface area contributed by atoms with Crippen molar-refractivity contribution in [2.24, 2.45) is 5.10 Å². The van der Waals surface area contributed by atoms with E-state index < -0.39 is 0 Å². The molecule has 4 aromatic rings. The van der Waals surface area contributed by atoms with E-state index in [0.29, 0.717) is 15.6 Å². The Morgan fingerprint density at radius 1 is 1.12 bits per heavy atom. The molecule has 1 N–H and O–H groups in total. The summed E-state index contributed by atoms with van der Waals surface area (Å²) in [6.45, 7) is 0. The van der Waals surface area contributed by atoms with E-state index >= 15 is 0 Å². The van der Waals surface area contributed by atoms with Gasteiger partial charge in [-0.15, -0.1) is 0 Å². The van der Waals surface area contributed by atoms with Crippen LogP contribution in [0, 0.1) is 4.77 Å². The van der Waals surface area contributed by atoms with E-state index in [2.05, 4.69) is 20.4 Å². The molecule has 0 aliphatic heterocycles. The summed E-state index contributed by atoms with van der Waals surface area (Å²) in [6.07, 6.45) is 5.31. The minimum absolute atomic E-state index is 0.395. The van der Waals surface area contributed by atoms with Crippen LogP contribution in [0.5, 0.6) is 0 Å². The zero-order chi connectivity index (χ0) is 17.9. The third-order valence-electron chi connectivity index (χ3n) is 3.68. The smallest absolute Gasteiger partial charge is 0.216 e. The van der Waals surface area contributed by atoms with Gasteiger partial charge in [0, 0.05) is 22.3 Å². The monoisotopic (exact) mass is 380 g/mol. The fourth-order valence-electron chi connectivity index (χ4n) is 2.46. The molecule has 2 heterocycles. The number of aromatic nitrogens is 5. The standard InChI is InChI=1S/C18H13ClN6S/c19-15-6-4-5-14(9-15)17-22-23-18(26)25(17)21-11-13-10-20-24(12-13)16-7-2-1-3-8-16/h1-12H,(H,23,26)/b21-11-. The van der Waals surface area contributed by atoms with Gasteiger partial charge in [0.2, 0.25) is 4.77 Å². The molecule has 128 valence electrons. The maximum Gasteiger partial charge on any atom is 0.216 e. The van der Waals surface area contributed by atoms with Gasteiger partial charge in [0.15, 0.2) is 5.82 Å². The van der Waals surface area contributed by atoms with E-state index in [1.165, 1.54) is 0 Å². The molecule has 0 saturated carbocycles. The van der Waals surface area contributed by atoms with Crippen molar-refractivity contribution in [3.8, 4) is 17.1 Å². The average Bonchev–Trinajstić information content (AvgIpc) is 3.27. The fourth-order valence-corrected chi connectivity index (χ4v) is 2.83. The second kappa shape index (κ2) is 7.07. The topological polar surface area (TPSA) is 63.8 Å². The molecular weight excluding hydrogens is 368 g/mol. The molecule has 4 rings (SSSR count). The predicted octanol–water partition coefficient (Wildman–Crippen LogP) is 4.33. The van der Waals surface area contributed by atoms with Gasteiger partial charge in [-0.05, 0) is 36.5 Å². The van der Waals surface area contributed by atoms with Crippen LogP contribution in [-0.2, 0) is 0 Å². The van der Waals surface area contributed by atoms with Crippen molar-refractivity contribution in [3.05, 3.63) is 82.3 Å². The lowest BCUT2D eigenvalue weighted by Gasteiger charge is -2.01. The molecule has 26 heavy (non-hydrogen) atoms. The van der Waals surface area contributed by atoms with Gasteiger partial charge < -0.3 is 0 Å². The van der Waals surface area contributed by atoms with Crippen LogP contribution in [0.25, 0.3) is 17.1 Å². The first-order valence-corrected chi connectivity index (χ1v) is 8.57. The fraction of sp³-hybridized carbons (Fsp3) is 0. The van der Waals surface area contributed by atoms with Gasteiger partial charge in [-0.1, -0.05) is 41.9 Å². The number of nitrogens with one attached hydrogen (secondary N) is 1. The van der Waals surface area contributed by atoms with Gasteiger partial charge in [0.1, 0.15) is 0 Å². The highest BCUT2D eigenvalue weighted by Gasteiger charge is 2.08. The maximum atomic E-state index is 6.07. The zero-order valence-electron chi connectivity index (χ0n) is 13.5. The molecule has 8 heteroatoms. The molecule has 0 aliphatic rings. The summed E-state index contributed by atoms with van der Waals surface area (Å²) in [4.78, 5) is 0. The van der Waals surface area contributed by atoms with Crippen molar-refractivity contribution in [1.29, 1.82) is 0 Å². The average molecular weight is 381 g/mol. The Balaban J connectivity index is 1.65. The molecule has 0 aliphatic carbocycles. The second-order valence-electron chi connectivity index (χ2n) is 5.47. The van der Waals surface area contributed by atoms with E-state index in [9.17, 15) is 0 Å². The quantitative estimate of drug-likeness (QED) is 0.423. The van der Waals surface area contributed by atoms with Crippen LogP contribution >= 0.6 is 23.8 Å².